The summed E-state index contributed by atoms with van der Waals surface area (Å²) < 4.78 is 43.2. The topological polar surface area (TPSA) is 163 Å². The van der Waals surface area contributed by atoms with E-state index in [9.17, 15) is 43.6 Å². The van der Waals surface area contributed by atoms with E-state index in [2.05, 4.69) is 0 Å². The highest BCUT2D eigenvalue weighted by atomic mass is 19.2. The average molecular weight is 519 g/mol. The fourth-order valence-electron chi connectivity index (χ4n) is 6.36. The lowest BCUT2D eigenvalue weighted by molar-refractivity contribution is -0.240. The van der Waals surface area contributed by atoms with Gasteiger partial charge in [-0.1, -0.05) is 13.0 Å². The zero-order chi connectivity index (χ0) is 26.8. The van der Waals surface area contributed by atoms with Crippen LogP contribution in [0.2, 0.25) is 0 Å². The summed E-state index contributed by atoms with van der Waals surface area (Å²) in [6.07, 6.45) is -6.14. The fourth-order valence-corrected chi connectivity index (χ4v) is 6.36. The van der Waals surface area contributed by atoms with Crippen molar-refractivity contribution in [3.8, 4) is 0 Å². The van der Waals surface area contributed by atoms with Crippen LogP contribution in [0.5, 0.6) is 0 Å². The Hall–Kier alpha value is -1.99. The Morgan fingerprint density at radius 1 is 1.31 bits per heavy atom. The SMILES string of the molecule is CCCC(=O)OC1(C)CC2C3OC3(CO)C(O)C3(O)C(=O)C(C)=CC3C2(O)CC1OC(=O)C(F)CF. The summed E-state index contributed by atoms with van der Waals surface area (Å²) >= 11 is 0. The van der Waals surface area contributed by atoms with E-state index in [1.807, 2.05) is 0 Å². The highest BCUT2D eigenvalue weighted by molar-refractivity contribution is 6.05. The maximum atomic E-state index is 13.8. The van der Waals surface area contributed by atoms with Crippen LogP contribution in [-0.4, -0.2) is 98.3 Å². The van der Waals surface area contributed by atoms with Gasteiger partial charge in [0.1, 0.15) is 30.1 Å². The van der Waals surface area contributed by atoms with E-state index in [-0.39, 0.29) is 18.4 Å². The lowest BCUT2D eigenvalue weighted by Crippen LogP contribution is -2.67. The van der Waals surface area contributed by atoms with E-state index in [1.165, 1.54) is 19.9 Å². The number of esters is 2. The number of carbonyl (C=O) groups is 3. The first-order valence-electron chi connectivity index (χ1n) is 12.0. The number of rotatable bonds is 7. The molecule has 4 rings (SSSR count). The minimum atomic E-state index is -2.61. The number of aliphatic hydroxyl groups is 4. The largest absolute Gasteiger partial charge is 0.456 e. The van der Waals surface area contributed by atoms with Gasteiger partial charge in [-0.15, -0.1) is 0 Å². The molecular formula is C24H32F2O10. The normalized spacial score (nSPS) is 46.0. The Balaban J connectivity index is 1.81. The van der Waals surface area contributed by atoms with E-state index >= 15 is 0 Å². The van der Waals surface area contributed by atoms with Gasteiger partial charge in [0.25, 0.3) is 0 Å². The van der Waals surface area contributed by atoms with Crippen molar-refractivity contribution >= 4 is 17.7 Å². The number of epoxide rings is 1. The Kier molecular flexibility index (Phi) is 6.61. The van der Waals surface area contributed by atoms with Gasteiger partial charge < -0.3 is 34.6 Å². The molecule has 4 aliphatic rings. The summed E-state index contributed by atoms with van der Waals surface area (Å²) in [6, 6.07) is 0. The zero-order valence-corrected chi connectivity index (χ0v) is 20.3. The second-order valence-corrected chi connectivity index (χ2v) is 10.6. The monoisotopic (exact) mass is 518 g/mol. The first-order chi connectivity index (χ1) is 16.7. The van der Waals surface area contributed by atoms with Crippen molar-refractivity contribution in [1.29, 1.82) is 0 Å². The molecule has 0 aromatic heterocycles. The van der Waals surface area contributed by atoms with Gasteiger partial charge in [0.05, 0.1) is 18.3 Å². The number of halogens is 2. The summed E-state index contributed by atoms with van der Waals surface area (Å²) in [5.41, 5.74) is -8.03. The van der Waals surface area contributed by atoms with Crippen molar-refractivity contribution in [3.63, 3.8) is 0 Å². The number of aliphatic hydroxyl groups excluding tert-OH is 2. The Morgan fingerprint density at radius 2 is 1.97 bits per heavy atom. The van der Waals surface area contributed by atoms with Gasteiger partial charge in [0.2, 0.25) is 6.17 Å². The van der Waals surface area contributed by atoms with Gasteiger partial charge in [-0.2, -0.15) is 0 Å². The number of alkyl halides is 2. The number of hydrogen-bond acceptors (Lipinski definition) is 10. The zero-order valence-electron chi connectivity index (χ0n) is 20.3. The summed E-state index contributed by atoms with van der Waals surface area (Å²) in [5, 5.41) is 44.9. The Morgan fingerprint density at radius 3 is 2.56 bits per heavy atom. The molecule has 10 nitrogen and oxygen atoms in total. The fraction of sp³-hybridized carbons (Fsp3) is 0.792. The first-order valence-corrected chi connectivity index (χ1v) is 12.0. The van der Waals surface area contributed by atoms with E-state index < -0.39 is 96.1 Å². The summed E-state index contributed by atoms with van der Waals surface area (Å²) in [7, 11) is 0. The van der Waals surface area contributed by atoms with Crippen molar-refractivity contribution in [3.05, 3.63) is 11.6 Å². The number of fused-ring (bicyclic) bond motifs is 5. The summed E-state index contributed by atoms with van der Waals surface area (Å²) in [6.45, 7) is 2.12. The van der Waals surface area contributed by atoms with E-state index in [0.717, 1.165) is 0 Å². The third-order valence-electron chi connectivity index (χ3n) is 8.33. The summed E-state index contributed by atoms with van der Waals surface area (Å²) in [4.78, 5) is 37.7. The third-order valence-corrected chi connectivity index (χ3v) is 8.33. The maximum absolute atomic E-state index is 13.8. The molecular weight excluding hydrogens is 486 g/mol. The first kappa shape index (κ1) is 27.1. The molecule has 0 radical (unpaired) electrons. The van der Waals surface area contributed by atoms with Crippen molar-refractivity contribution in [1.82, 2.24) is 0 Å². The third kappa shape index (κ3) is 3.64. The molecule has 36 heavy (non-hydrogen) atoms. The predicted octanol–water partition coefficient (Wildman–Crippen LogP) is -0.170. The van der Waals surface area contributed by atoms with Gasteiger partial charge in [-0.25, -0.2) is 13.6 Å². The molecule has 0 spiro atoms. The maximum Gasteiger partial charge on any atom is 0.343 e. The highest BCUT2D eigenvalue weighted by Crippen LogP contribution is 2.64. The second kappa shape index (κ2) is 8.80. The Labute approximate surface area is 206 Å². The lowest BCUT2D eigenvalue weighted by Gasteiger charge is -2.53. The number of hydrogen-bond donors (Lipinski definition) is 4. The van der Waals surface area contributed by atoms with Crippen LogP contribution in [-0.2, 0) is 28.6 Å². The van der Waals surface area contributed by atoms with Gasteiger partial charge in [-0.05, 0) is 32.3 Å². The summed E-state index contributed by atoms with van der Waals surface area (Å²) in [5.74, 6) is -5.53. The van der Waals surface area contributed by atoms with Crippen molar-refractivity contribution in [2.45, 2.75) is 93.3 Å². The molecule has 0 bridgehead atoms. The highest BCUT2D eigenvalue weighted by Gasteiger charge is 2.81. The molecule has 10 unspecified atom stereocenters. The van der Waals surface area contributed by atoms with Crippen LogP contribution in [0.1, 0.15) is 46.5 Å². The predicted molar refractivity (Wildman–Crippen MR) is 116 cm³/mol. The van der Waals surface area contributed by atoms with E-state index in [4.69, 9.17) is 14.2 Å². The number of ether oxygens (including phenoxy) is 3. The molecule has 202 valence electrons. The Bertz CT molecular complexity index is 988. The van der Waals surface area contributed by atoms with Gasteiger partial charge in [-0.3, -0.25) is 9.59 Å². The molecule has 0 amide bonds. The van der Waals surface area contributed by atoms with Gasteiger partial charge >= 0.3 is 11.9 Å². The van der Waals surface area contributed by atoms with Crippen LogP contribution in [0, 0.1) is 11.8 Å². The lowest BCUT2D eigenvalue weighted by atomic mass is 9.60. The molecule has 12 heteroatoms. The van der Waals surface area contributed by atoms with E-state index in [0.29, 0.717) is 6.42 Å². The number of carbonyl (C=O) groups excluding carboxylic acids is 3. The van der Waals surface area contributed by atoms with Crippen LogP contribution in [0.25, 0.3) is 0 Å². The van der Waals surface area contributed by atoms with Gasteiger partial charge in [0.15, 0.2) is 11.4 Å². The minimum Gasteiger partial charge on any atom is -0.456 e. The molecule has 10 atom stereocenters. The molecule has 4 N–H and O–H groups in total. The molecule has 2 saturated carbocycles. The minimum absolute atomic E-state index is 0.0133. The molecule has 1 heterocycles. The molecule has 0 aromatic carbocycles. The van der Waals surface area contributed by atoms with Crippen LogP contribution in [0.15, 0.2) is 11.6 Å². The molecule has 0 aromatic rings. The standard InChI is InChI=1S/C24H32F2O10/c1-4-5-16(28)35-21(3)7-12-18-23(10-27,36-18)20(31)24(33)14(6-11(2)17(24)29)22(12,32)8-15(21)34-19(30)13(26)9-25/h6,12-15,18,20,27,31-33H,4-5,7-10H2,1-3H3. The molecule has 3 fully saturated rings. The molecule has 1 aliphatic heterocycles. The number of Topliss-reactive ketones (excluding diaryl/α,β-unsaturated/α-hetero) is 1. The van der Waals surface area contributed by atoms with Crippen LogP contribution in [0.3, 0.4) is 0 Å². The van der Waals surface area contributed by atoms with Crippen LogP contribution in [0.4, 0.5) is 8.78 Å². The average Bonchev–Trinajstić information content (AvgIpc) is 3.52. The van der Waals surface area contributed by atoms with Crippen molar-refractivity contribution in [2.24, 2.45) is 11.8 Å². The quantitative estimate of drug-likeness (QED) is 0.263. The number of ketones is 1. The van der Waals surface area contributed by atoms with Crippen LogP contribution < -0.4 is 0 Å². The molecule has 1 saturated heterocycles. The van der Waals surface area contributed by atoms with Gasteiger partial charge in [0, 0.05) is 24.7 Å². The van der Waals surface area contributed by atoms with Crippen LogP contribution >= 0.6 is 0 Å². The second-order valence-electron chi connectivity index (χ2n) is 10.6. The van der Waals surface area contributed by atoms with Crippen molar-refractivity contribution < 1.29 is 57.8 Å². The van der Waals surface area contributed by atoms with Crippen molar-refractivity contribution in [2.75, 3.05) is 13.3 Å². The molecule has 3 aliphatic carbocycles. The smallest absolute Gasteiger partial charge is 0.343 e. The van der Waals surface area contributed by atoms with E-state index in [1.54, 1.807) is 6.92 Å².